The van der Waals surface area contributed by atoms with Crippen LogP contribution < -0.4 is 5.32 Å². The first-order valence-electron chi connectivity index (χ1n) is 11.3. The van der Waals surface area contributed by atoms with E-state index in [4.69, 9.17) is 30.5 Å². The summed E-state index contributed by atoms with van der Waals surface area (Å²) in [5.74, 6) is -0.856. The summed E-state index contributed by atoms with van der Waals surface area (Å²) in [7, 11) is -4.57. The van der Waals surface area contributed by atoms with Gasteiger partial charge < -0.3 is 34.1 Å². The number of aromatic nitrogens is 4. The molecule has 2 unspecified atom stereocenters. The lowest BCUT2D eigenvalue weighted by molar-refractivity contribution is -0.183. The smallest absolute Gasteiger partial charge is 0.351 e. The summed E-state index contributed by atoms with van der Waals surface area (Å²) in [4.78, 5) is 50.5. The summed E-state index contributed by atoms with van der Waals surface area (Å²) in [6, 6.07) is 0.269. The Bertz CT molecular complexity index is 1170. The molecule has 0 bridgehead atoms. The highest BCUT2D eigenvalue weighted by molar-refractivity contribution is 7.51. The molecule has 4 atom stereocenters. The van der Waals surface area contributed by atoms with Crippen molar-refractivity contribution in [2.45, 2.75) is 76.7 Å². The van der Waals surface area contributed by atoms with Crippen LogP contribution in [0.25, 0.3) is 11.0 Å². The van der Waals surface area contributed by atoms with Gasteiger partial charge in [-0.25, -0.2) is 4.68 Å². The number of rotatable bonds is 9. The van der Waals surface area contributed by atoms with Gasteiger partial charge in [0, 0.05) is 19.9 Å². The zero-order valence-corrected chi connectivity index (χ0v) is 21.2. The van der Waals surface area contributed by atoms with Gasteiger partial charge in [-0.1, -0.05) is 12.8 Å². The average Bonchev–Trinajstić information content (AvgIpc) is 3.48. The molecule has 0 radical (unpaired) electrons. The standard InChI is InChI=1S/C20H27ClN5O9P/c1-10(27)33-15-14(35-19(16(15)34-11(2)28)32-9-36(29,30)31)8-26-18-13(7-22-26)17(24-20(21)25-18)23-12-5-3-4-6-12/h7,12,14-16,19H,3-6,8-9H2,1-2H3,(H,23,24,25)(H2,29,30,31)/t14?,15-,16-,19?/m0/s1. The summed E-state index contributed by atoms with van der Waals surface area (Å²) in [6.07, 6.45) is 0.0779. The van der Waals surface area contributed by atoms with E-state index in [2.05, 4.69) is 20.4 Å². The molecule has 1 aliphatic heterocycles. The third-order valence-corrected chi connectivity index (χ3v) is 6.45. The molecule has 3 heterocycles. The lowest BCUT2D eigenvalue weighted by Crippen LogP contribution is -2.41. The summed E-state index contributed by atoms with van der Waals surface area (Å²) in [5.41, 5.74) is 0.393. The number of anilines is 1. The van der Waals surface area contributed by atoms with Crippen molar-refractivity contribution in [2.24, 2.45) is 0 Å². The van der Waals surface area contributed by atoms with Gasteiger partial charge in [0.05, 0.1) is 18.1 Å². The maximum Gasteiger partial charge on any atom is 0.351 e. The number of nitrogens with one attached hydrogen (secondary N) is 1. The highest BCUT2D eigenvalue weighted by Crippen LogP contribution is 2.37. The Morgan fingerprint density at radius 1 is 1.19 bits per heavy atom. The molecule has 1 saturated carbocycles. The summed E-state index contributed by atoms with van der Waals surface area (Å²) in [5, 5.41) is 8.39. The first-order valence-corrected chi connectivity index (χ1v) is 13.5. The second kappa shape index (κ2) is 11.0. The van der Waals surface area contributed by atoms with Crippen molar-refractivity contribution >= 4 is 48.0 Å². The Kier molecular flexibility index (Phi) is 8.12. The number of nitrogens with zero attached hydrogens (tertiary/aromatic N) is 4. The first-order chi connectivity index (χ1) is 17.0. The van der Waals surface area contributed by atoms with E-state index >= 15 is 0 Å². The van der Waals surface area contributed by atoms with E-state index in [1.807, 2.05) is 0 Å². The molecule has 16 heteroatoms. The van der Waals surface area contributed by atoms with Gasteiger partial charge in [0.15, 0.2) is 30.5 Å². The van der Waals surface area contributed by atoms with Crippen molar-refractivity contribution < 1.29 is 42.9 Å². The minimum Gasteiger partial charge on any atom is -0.456 e. The molecule has 0 spiro atoms. The molecule has 198 valence electrons. The van der Waals surface area contributed by atoms with E-state index in [1.54, 1.807) is 6.20 Å². The lowest BCUT2D eigenvalue weighted by Gasteiger charge is -2.23. The minimum absolute atomic E-state index is 0.00858. The third kappa shape index (κ3) is 6.50. The van der Waals surface area contributed by atoms with Crippen LogP contribution in [0.3, 0.4) is 0 Å². The van der Waals surface area contributed by atoms with Gasteiger partial charge in [0.2, 0.25) is 5.28 Å². The van der Waals surface area contributed by atoms with Crippen molar-refractivity contribution in [2.75, 3.05) is 11.7 Å². The molecule has 1 aliphatic carbocycles. The van der Waals surface area contributed by atoms with E-state index in [1.165, 1.54) is 11.6 Å². The van der Waals surface area contributed by atoms with Crippen LogP contribution in [0.4, 0.5) is 5.82 Å². The molecule has 0 amide bonds. The number of ether oxygens (including phenoxy) is 4. The minimum atomic E-state index is -4.57. The Balaban J connectivity index is 1.61. The number of carbonyl (C=O) groups is 2. The predicted octanol–water partition coefficient (Wildman–Crippen LogP) is 1.57. The molecule has 0 aromatic carbocycles. The maximum absolute atomic E-state index is 11.8. The van der Waals surface area contributed by atoms with Crippen LogP contribution in [0.5, 0.6) is 0 Å². The van der Waals surface area contributed by atoms with Gasteiger partial charge in [0.1, 0.15) is 11.9 Å². The molecule has 2 aromatic rings. The zero-order chi connectivity index (χ0) is 26.0. The Hall–Kier alpha value is -2.35. The molecule has 14 nitrogen and oxygen atoms in total. The zero-order valence-electron chi connectivity index (χ0n) is 19.6. The number of hydrogen-bond acceptors (Lipinski definition) is 11. The molecule has 2 aromatic heterocycles. The van der Waals surface area contributed by atoms with Crippen molar-refractivity contribution in [1.82, 2.24) is 19.7 Å². The van der Waals surface area contributed by atoms with Crippen LogP contribution >= 0.6 is 19.2 Å². The molecule has 36 heavy (non-hydrogen) atoms. The van der Waals surface area contributed by atoms with Crippen LogP contribution in [0, 0.1) is 0 Å². The number of fused-ring (bicyclic) bond motifs is 1. The van der Waals surface area contributed by atoms with Gasteiger partial charge in [-0.15, -0.1) is 0 Å². The molecule has 4 rings (SSSR count). The van der Waals surface area contributed by atoms with E-state index in [0.717, 1.165) is 32.6 Å². The second-order valence-corrected chi connectivity index (χ2v) is 10.6. The monoisotopic (exact) mass is 547 g/mol. The highest BCUT2D eigenvalue weighted by Gasteiger charge is 2.50. The Morgan fingerprint density at radius 3 is 2.50 bits per heavy atom. The van der Waals surface area contributed by atoms with Crippen LogP contribution in [-0.2, 0) is 39.6 Å². The van der Waals surface area contributed by atoms with Gasteiger partial charge in [-0.05, 0) is 24.4 Å². The molecule has 1 saturated heterocycles. The van der Waals surface area contributed by atoms with Crippen LogP contribution in [0.1, 0.15) is 39.5 Å². The van der Waals surface area contributed by atoms with Gasteiger partial charge in [0.25, 0.3) is 0 Å². The predicted molar refractivity (Wildman–Crippen MR) is 124 cm³/mol. The molecule has 2 fully saturated rings. The number of carbonyl (C=O) groups excluding carboxylic acids is 2. The number of halogens is 1. The van der Waals surface area contributed by atoms with Crippen LogP contribution in [-0.4, -0.2) is 78.5 Å². The normalized spacial score (nSPS) is 24.8. The maximum atomic E-state index is 11.8. The van der Waals surface area contributed by atoms with Gasteiger partial charge in [-0.3, -0.25) is 14.2 Å². The largest absolute Gasteiger partial charge is 0.456 e. The number of esters is 2. The van der Waals surface area contributed by atoms with E-state index in [0.29, 0.717) is 16.9 Å². The highest BCUT2D eigenvalue weighted by atomic mass is 35.5. The van der Waals surface area contributed by atoms with Crippen LogP contribution in [0.15, 0.2) is 6.20 Å². The summed E-state index contributed by atoms with van der Waals surface area (Å²) >= 11 is 6.18. The third-order valence-electron chi connectivity index (χ3n) is 5.80. The van der Waals surface area contributed by atoms with Crippen molar-refractivity contribution in [3.05, 3.63) is 11.5 Å². The molecule has 3 N–H and O–H groups in total. The van der Waals surface area contributed by atoms with Crippen molar-refractivity contribution in [3.8, 4) is 0 Å². The molecule has 2 aliphatic rings. The SMILES string of the molecule is CC(=O)O[C@@H]1C(OCP(=O)(O)O)OC(Cn2ncc3c(NC4CCCC4)nc(Cl)nc32)[C@@H]1OC(C)=O. The average molecular weight is 548 g/mol. The molecular formula is C20H27ClN5O9P. The lowest BCUT2D eigenvalue weighted by atomic mass is 10.1. The first kappa shape index (κ1) is 26.7. The topological polar surface area (TPSA) is 184 Å². The Labute approximate surface area is 210 Å². The fraction of sp³-hybridized carbons (Fsp3) is 0.650. The van der Waals surface area contributed by atoms with Gasteiger partial charge in [-0.2, -0.15) is 15.1 Å². The fourth-order valence-electron chi connectivity index (χ4n) is 4.40. The van der Waals surface area contributed by atoms with E-state index in [9.17, 15) is 23.9 Å². The van der Waals surface area contributed by atoms with Crippen molar-refractivity contribution in [1.29, 1.82) is 0 Å². The second-order valence-electron chi connectivity index (χ2n) is 8.68. The molecular weight excluding hydrogens is 521 g/mol. The summed E-state index contributed by atoms with van der Waals surface area (Å²) < 4.78 is 34.4. The fourth-order valence-corrected chi connectivity index (χ4v) is 4.91. The van der Waals surface area contributed by atoms with Gasteiger partial charge >= 0.3 is 19.5 Å². The van der Waals surface area contributed by atoms with E-state index in [-0.39, 0.29) is 17.9 Å². The van der Waals surface area contributed by atoms with E-state index < -0.39 is 50.5 Å². The Morgan fingerprint density at radius 2 is 1.86 bits per heavy atom. The summed E-state index contributed by atoms with van der Waals surface area (Å²) in [6.45, 7) is 2.27. The van der Waals surface area contributed by atoms with Crippen LogP contribution in [0.2, 0.25) is 5.28 Å². The quantitative estimate of drug-likeness (QED) is 0.234. The number of hydrogen-bond donors (Lipinski definition) is 3. The van der Waals surface area contributed by atoms with Crippen molar-refractivity contribution in [3.63, 3.8) is 0 Å².